The Balaban J connectivity index is 2.02. The van der Waals surface area contributed by atoms with E-state index in [1.54, 1.807) is 12.1 Å². The molecule has 1 aromatic carbocycles. The summed E-state index contributed by atoms with van der Waals surface area (Å²) in [6, 6.07) is 7.29. The number of ether oxygens (including phenoxy) is 1. The summed E-state index contributed by atoms with van der Waals surface area (Å²) in [6.07, 6.45) is 3.43. The molecule has 0 saturated carbocycles. The van der Waals surface area contributed by atoms with Gasteiger partial charge < -0.3 is 10.5 Å². The molecule has 0 radical (unpaired) electrons. The number of unbranched alkanes of at least 4 members (excludes halogenated alkanes) is 2. The highest BCUT2D eigenvalue weighted by atomic mass is 35.5. The maximum absolute atomic E-state index is 5.86. The molecule has 2 aromatic rings. The molecule has 21 heavy (non-hydrogen) atoms. The molecule has 2 N–H and O–H groups in total. The lowest BCUT2D eigenvalue weighted by atomic mass is 10.2. The fourth-order valence-corrected chi connectivity index (χ4v) is 2.18. The molecule has 5 nitrogen and oxygen atoms in total. The Morgan fingerprint density at radius 1 is 1.24 bits per heavy atom. The second-order valence-corrected chi connectivity index (χ2v) is 5.30. The molecule has 0 unspecified atom stereocenters. The van der Waals surface area contributed by atoms with E-state index in [0.717, 1.165) is 30.1 Å². The third kappa shape index (κ3) is 4.44. The van der Waals surface area contributed by atoms with E-state index in [1.807, 2.05) is 16.8 Å². The Hall–Kier alpha value is -1.59. The van der Waals surface area contributed by atoms with Gasteiger partial charge in [-0.2, -0.15) is 0 Å². The monoisotopic (exact) mass is 308 g/mol. The average Bonchev–Trinajstić information content (AvgIpc) is 2.89. The minimum atomic E-state index is 0.368. The number of hydrogen-bond donors (Lipinski definition) is 1. The first-order valence-corrected chi connectivity index (χ1v) is 7.62. The van der Waals surface area contributed by atoms with Gasteiger partial charge in [0.2, 0.25) is 0 Å². The molecule has 0 bridgehead atoms. The molecule has 2 rings (SSSR count). The summed E-state index contributed by atoms with van der Waals surface area (Å²) in [6.45, 7) is 3.80. The summed E-state index contributed by atoms with van der Waals surface area (Å²) in [5, 5.41) is 8.99. The van der Waals surface area contributed by atoms with E-state index < -0.39 is 0 Å². The summed E-state index contributed by atoms with van der Waals surface area (Å²) in [4.78, 5) is 0. The molecule has 1 aromatic heterocycles. The Morgan fingerprint density at radius 3 is 2.67 bits per heavy atom. The van der Waals surface area contributed by atoms with E-state index in [4.69, 9.17) is 22.1 Å². The highest BCUT2D eigenvalue weighted by Gasteiger charge is 2.12. The number of aromatic nitrogens is 3. The van der Waals surface area contributed by atoms with Gasteiger partial charge in [0.05, 0.1) is 0 Å². The van der Waals surface area contributed by atoms with Gasteiger partial charge in [0, 0.05) is 18.1 Å². The van der Waals surface area contributed by atoms with E-state index in [1.165, 1.54) is 12.8 Å². The van der Waals surface area contributed by atoms with Crippen molar-refractivity contribution in [3.63, 3.8) is 0 Å². The van der Waals surface area contributed by atoms with Gasteiger partial charge in [-0.25, -0.2) is 4.68 Å². The minimum Gasteiger partial charge on any atom is -0.487 e. The maximum Gasteiger partial charge on any atom is 0.132 e. The highest BCUT2D eigenvalue weighted by molar-refractivity contribution is 6.30. The predicted octanol–water partition coefficient (Wildman–Crippen LogP) is 3.16. The molecule has 6 heteroatoms. The van der Waals surface area contributed by atoms with Crippen LogP contribution in [-0.4, -0.2) is 15.0 Å². The Labute approximate surface area is 130 Å². The van der Waals surface area contributed by atoms with E-state index in [-0.39, 0.29) is 0 Å². The molecule has 0 fully saturated rings. The third-order valence-electron chi connectivity index (χ3n) is 3.27. The van der Waals surface area contributed by atoms with Gasteiger partial charge in [-0.05, 0) is 30.7 Å². The topological polar surface area (TPSA) is 66.0 Å². The zero-order chi connectivity index (χ0) is 15.1. The Kier molecular flexibility index (Phi) is 6.02. The van der Waals surface area contributed by atoms with Crippen LogP contribution in [0.15, 0.2) is 24.3 Å². The molecule has 1 heterocycles. The average molecular weight is 309 g/mol. The first kappa shape index (κ1) is 15.8. The van der Waals surface area contributed by atoms with Crippen molar-refractivity contribution in [3.05, 3.63) is 40.7 Å². The SMILES string of the molecule is CCCCCn1nnc(CN)c1COc1ccc(Cl)cc1. The maximum atomic E-state index is 5.86. The van der Waals surface area contributed by atoms with Crippen LogP contribution in [0, 0.1) is 0 Å². The van der Waals surface area contributed by atoms with Gasteiger partial charge >= 0.3 is 0 Å². The molecule has 0 aliphatic heterocycles. The fraction of sp³-hybridized carbons (Fsp3) is 0.467. The first-order chi connectivity index (χ1) is 10.2. The van der Waals surface area contributed by atoms with Gasteiger partial charge in [-0.15, -0.1) is 5.10 Å². The zero-order valence-electron chi connectivity index (χ0n) is 12.3. The standard InChI is InChI=1S/C15H21ClN4O/c1-2-3-4-9-20-15(14(10-17)18-19-20)11-21-13-7-5-12(16)6-8-13/h5-8H,2-4,9-11,17H2,1H3. The van der Waals surface area contributed by atoms with Crippen LogP contribution in [0.4, 0.5) is 0 Å². The Bertz CT molecular complexity index is 553. The molecule has 0 saturated heterocycles. The van der Waals surface area contributed by atoms with Crippen LogP contribution in [0.1, 0.15) is 37.6 Å². The summed E-state index contributed by atoms with van der Waals surface area (Å²) in [7, 11) is 0. The molecule has 0 spiro atoms. The second-order valence-electron chi connectivity index (χ2n) is 4.86. The van der Waals surface area contributed by atoms with Crippen molar-refractivity contribution in [1.29, 1.82) is 0 Å². The molecular weight excluding hydrogens is 288 g/mol. The molecule has 114 valence electrons. The van der Waals surface area contributed by atoms with Crippen molar-refractivity contribution in [2.45, 2.75) is 45.9 Å². The molecular formula is C15H21ClN4O. The number of hydrogen-bond acceptors (Lipinski definition) is 4. The van der Waals surface area contributed by atoms with Gasteiger partial charge in [-0.3, -0.25) is 0 Å². The smallest absolute Gasteiger partial charge is 0.132 e. The summed E-state index contributed by atoms with van der Waals surface area (Å²) >= 11 is 5.86. The van der Waals surface area contributed by atoms with Crippen LogP contribution < -0.4 is 10.5 Å². The number of nitrogens with two attached hydrogens (primary N) is 1. The van der Waals surface area contributed by atoms with Crippen molar-refractivity contribution in [2.75, 3.05) is 0 Å². The van der Waals surface area contributed by atoms with Crippen LogP contribution in [0.2, 0.25) is 5.02 Å². The van der Waals surface area contributed by atoms with Gasteiger partial charge in [-0.1, -0.05) is 36.6 Å². The number of aryl methyl sites for hydroxylation is 1. The molecule has 0 aliphatic carbocycles. The normalized spacial score (nSPS) is 10.8. The predicted molar refractivity (Wildman–Crippen MR) is 83.2 cm³/mol. The Morgan fingerprint density at radius 2 is 2.00 bits per heavy atom. The highest BCUT2D eigenvalue weighted by Crippen LogP contribution is 2.17. The lowest BCUT2D eigenvalue weighted by Gasteiger charge is -2.09. The van der Waals surface area contributed by atoms with Gasteiger partial charge in [0.1, 0.15) is 23.7 Å². The van der Waals surface area contributed by atoms with Crippen LogP contribution in [0.3, 0.4) is 0 Å². The second kappa shape index (κ2) is 8.00. The van der Waals surface area contributed by atoms with E-state index in [0.29, 0.717) is 18.2 Å². The van der Waals surface area contributed by atoms with E-state index >= 15 is 0 Å². The largest absolute Gasteiger partial charge is 0.487 e. The summed E-state index contributed by atoms with van der Waals surface area (Å²) < 4.78 is 7.68. The lowest BCUT2D eigenvalue weighted by molar-refractivity contribution is 0.289. The molecule has 0 aliphatic rings. The summed E-state index contributed by atoms with van der Waals surface area (Å²) in [5.41, 5.74) is 7.46. The fourth-order valence-electron chi connectivity index (χ4n) is 2.06. The van der Waals surface area contributed by atoms with Crippen LogP contribution in [0.5, 0.6) is 5.75 Å². The van der Waals surface area contributed by atoms with Crippen molar-refractivity contribution >= 4 is 11.6 Å². The minimum absolute atomic E-state index is 0.368. The van der Waals surface area contributed by atoms with Crippen LogP contribution in [-0.2, 0) is 19.7 Å². The van der Waals surface area contributed by atoms with Gasteiger partial charge in [0.15, 0.2) is 0 Å². The van der Waals surface area contributed by atoms with E-state index in [9.17, 15) is 0 Å². The van der Waals surface area contributed by atoms with Gasteiger partial charge in [0.25, 0.3) is 0 Å². The van der Waals surface area contributed by atoms with Crippen molar-refractivity contribution in [3.8, 4) is 5.75 Å². The first-order valence-electron chi connectivity index (χ1n) is 7.24. The summed E-state index contributed by atoms with van der Waals surface area (Å²) in [5.74, 6) is 0.767. The van der Waals surface area contributed by atoms with Crippen LogP contribution in [0.25, 0.3) is 0 Å². The third-order valence-corrected chi connectivity index (χ3v) is 3.53. The van der Waals surface area contributed by atoms with Crippen molar-refractivity contribution < 1.29 is 4.74 Å². The number of nitrogens with zero attached hydrogens (tertiary/aromatic N) is 3. The van der Waals surface area contributed by atoms with E-state index in [2.05, 4.69) is 17.2 Å². The molecule has 0 amide bonds. The van der Waals surface area contributed by atoms with Crippen molar-refractivity contribution in [2.24, 2.45) is 5.73 Å². The van der Waals surface area contributed by atoms with Crippen molar-refractivity contribution in [1.82, 2.24) is 15.0 Å². The van der Waals surface area contributed by atoms with Crippen LogP contribution >= 0.6 is 11.6 Å². The molecule has 0 atom stereocenters. The lowest BCUT2D eigenvalue weighted by Crippen LogP contribution is -2.11. The number of benzene rings is 1. The quantitative estimate of drug-likeness (QED) is 0.761. The number of halogens is 1. The zero-order valence-corrected chi connectivity index (χ0v) is 13.0. The number of rotatable bonds is 8.